The monoisotopic (exact) mass is 248 g/mol. The summed E-state index contributed by atoms with van der Waals surface area (Å²) in [5.41, 5.74) is 2.70. The summed E-state index contributed by atoms with van der Waals surface area (Å²) >= 11 is 0. The van der Waals surface area contributed by atoms with E-state index in [2.05, 4.69) is 69.1 Å². The SMILES string of the molecule is Cc1cccc(CNCCN(C(C)C)C(C)C)c1. The van der Waals surface area contributed by atoms with E-state index >= 15 is 0 Å². The Kier molecular flexibility index (Phi) is 6.37. The van der Waals surface area contributed by atoms with Gasteiger partial charge in [0, 0.05) is 31.7 Å². The molecule has 1 aromatic carbocycles. The summed E-state index contributed by atoms with van der Waals surface area (Å²) < 4.78 is 0. The first-order chi connectivity index (χ1) is 8.50. The molecule has 0 saturated heterocycles. The standard InChI is InChI=1S/C16H28N2/c1-13(2)18(14(3)4)10-9-17-12-16-8-6-7-15(5)11-16/h6-8,11,13-14,17H,9-10,12H2,1-5H3. The molecule has 0 saturated carbocycles. The topological polar surface area (TPSA) is 15.3 Å². The third-order valence-corrected chi connectivity index (χ3v) is 3.28. The molecule has 102 valence electrons. The molecule has 0 atom stereocenters. The van der Waals surface area contributed by atoms with Crippen molar-refractivity contribution in [1.82, 2.24) is 10.2 Å². The summed E-state index contributed by atoms with van der Waals surface area (Å²) in [4.78, 5) is 2.52. The molecule has 0 amide bonds. The highest BCUT2D eigenvalue weighted by Gasteiger charge is 2.11. The second-order valence-corrected chi connectivity index (χ2v) is 5.59. The van der Waals surface area contributed by atoms with E-state index < -0.39 is 0 Å². The van der Waals surface area contributed by atoms with Gasteiger partial charge in [-0.3, -0.25) is 4.90 Å². The van der Waals surface area contributed by atoms with Crippen molar-refractivity contribution in [3.8, 4) is 0 Å². The second-order valence-electron chi connectivity index (χ2n) is 5.59. The van der Waals surface area contributed by atoms with Gasteiger partial charge in [-0.05, 0) is 40.2 Å². The average molecular weight is 248 g/mol. The van der Waals surface area contributed by atoms with E-state index in [9.17, 15) is 0 Å². The fourth-order valence-corrected chi connectivity index (χ4v) is 2.38. The number of benzene rings is 1. The molecule has 0 heterocycles. The Balaban J connectivity index is 2.30. The van der Waals surface area contributed by atoms with Crippen LogP contribution in [0.1, 0.15) is 38.8 Å². The Morgan fingerprint density at radius 2 is 1.78 bits per heavy atom. The van der Waals surface area contributed by atoms with Crippen molar-refractivity contribution in [2.24, 2.45) is 0 Å². The Morgan fingerprint density at radius 1 is 1.11 bits per heavy atom. The predicted molar refractivity (Wildman–Crippen MR) is 79.9 cm³/mol. The first-order valence-corrected chi connectivity index (χ1v) is 7.02. The lowest BCUT2D eigenvalue weighted by Crippen LogP contribution is -2.41. The van der Waals surface area contributed by atoms with Crippen LogP contribution in [-0.2, 0) is 6.54 Å². The summed E-state index contributed by atoms with van der Waals surface area (Å²) in [6, 6.07) is 9.93. The van der Waals surface area contributed by atoms with E-state index in [4.69, 9.17) is 0 Å². The van der Waals surface area contributed by atoms with Gasteiger partial charge in [-0.2, -0.15) is 0 Å². The summed E-state index contributed by atoms with van der Waals surface area (Å²) in [6.45, 7) is 14.3. The molecule has 0 aliphatic heterocycles. The molecule has 18 heavy (non-hydrogen) atoms. The predicted octanol–water partition coefficient (Wildman–Crippen LogP) is 3.20. The number of hydrogen-bond acceptors (Lipinski definition) is 2. The minimum Gasteiger partial charge on any atom is -0.311 e. The van der Waals surface area contributed by atoms with Crippen LogP contribution in [0.2, 0.25) is 0 Å². The molecule has 0 aliphatic carbocycles. The first-order valence-electron chi connectivity index (χ1n) is 7.02. The molecule has 0 aromatic heterocycles. The number of nitrogens with one attached hydrogen (secondary N) is 1. The van der Waals surface area contributed by atoms with Crippen molar-refractivity contribution in [1.29, 1.82) is 0 Å². The fourth-order valence-electron chi connectivity index (χ4n) is 2.38. The molecular weight excluding hydrogens is 220 g/mol. The van der Waals surface area contributed by atoms with Crippen LogP contribution in [0.25, 0.3) is 0 Å². The number of aryl methyl sites for hydroxylation is 1. The zero-order valence-corrected chi connectivity index (χ0v) is 12.5. The van der Waals surface area contributed by atoms with Crippen LogP contribution in [0, 0.1) is 6.92 Å². The number of nitrogens with zero attached hydrogens (tertiary/aromatic N) is 1. The zero-order chi connectivity index (χ0) is 13.5. The van der Waals surface area contributed by atoms with Gasteiger partial charge in [0.1, 0.15) is 0 Å². The van der Waals surface area contributed by atoms with Gasteiger partial charge >= 0.3 is 0 Å². The van der Waals surface area contributed by atoms with Crippen molar-refractivity contribution in [3.05, 3.63) is 35.4 Å². The molecule has 0 bridgehead atoms. The van der Waals surface area contributed by atoms with Gasteiger partial charge in [-0.1, -0.05) is 29.8 Å². The quantitative estimate of drug-likeness (QED) is 0.745. The van der Waals surface area contributed by atoms with Gasteiger partial charge in [0.05, 0.1) is 0 Å². The van der Waals surface area contributed by atoms with E-state index in [1.165, 1.54) is 11.1 Å². The Labute approximate surface area is 112 Å². The lowest BCUT2D eigenvalue weighted by Gasteiger charge is -2.30. The number of hydrogen-bond donors (Lipinski definition) is 1. The minimum atomic E-state index is 0.616. The summed E-state index contributed by atoms with van der Waals surface area (Å²) in [7, 11) is 0. The largest absolute Gasteiger partial charge is 0.311 e. The molecule has 2 heteroatoms. The molecular formula is C16H28N2. The van der Waals surface area contributed by atoms with Gasteiger partial charge in [0.15, 0.2) is 0 Å². The molecule has 0 aliphatic rings. The first kappa shape index (κ1) is 15.2. The summed E-state index contributed by atoms with van der Waals surface area (Å²) in [6.07, 6.45) is 0. The maximum Gasteiger partial charge on any atom is 0.0206 e. The van der Waals surface area contributed by atoms with Crippen LogP contribution in [0.4, 0.5) is 0 Å². The molecule has 2 nitrogen and oxygen atoms in total. The average Bonchev–Trinajstić information content (AvgIpc) is 2.27. The van der Waals surface area contributed by atoms with Gasteiger partial charge in [-0.25, -0.2) is 0 Å². The second kappa shape index (κ2) is 7.55. The Morgan fingerprint density at radius 3 is 2.33 bits per heavy atom. The van der Waals surface area contributed by atoms with Crippen molar-refractivity contribution >= 4 is 0 Å². The van der Waals surface area contributed by atoms with Crippen LogP contribution >= 0.6 is 0 Å². The maximum atomic E-state index is 3.53. The Bertz CT molecular complexity index is 337. The van der Waals surface area contributed by atoms with E-state index in [1.54, 1.807) is 0 Å². The van der Waals surface area contributed by atoms with Crippen molar-refractivity contribution in [3.63, 3.8) is 0 Å². The third-order valence-electron chi connectivity index (χ3n) is 3.28. The van der Waals surface area contributed by atoms with Crippen LogP contribution < -0.4 is 5.32 Å². The molecule has 0 fully saturated rings. The van der Waals surface area contributed by atoms with E-state index in [1.807, 2.05) is 0 Å². The third kappa shape index (κ3) is 5.19. The van der Waals surface area contributed by atoms with Crippen molar-refractivity contribution < 1.29 is 0 Å². The normalized spacial score (nSPS) is 11.8. The molecule has 0 radical (unpaired) electrons. The highest BCUT2D eigenvalue weighted by molar-refractivity contribution is 5.21. The van der Waals surface area contributed by atoms with Crippen LogP contribution in [0.5, 0.6) is 0 Å². The van der Waals surface area contributed by atoms with Crippen molar-refractivity contribution in [2.45, 2.75) is 53.2 Å². The summed E-state index contributed by atoms with van der Waals surface area (Å²) in [5, 5.41) is 3.53. The molecule has 1 N–H and O–H groups in total. The molecule has 1 rings (SSSR count). The van der Waals surface area contributed by atoms with Gasteiger partial charge < -0.3 is 5.32 Å². The van der Waals surface area contributed by atoms with E-state index in [-0.39, 0.29) is 0 Å². The smallest absolute Gasteiger partial charge is 0.0206 e. The highest BCUT2D eigenvalue weighted by Crippen LogP contribution is 2.05. The van der Waals surface area contributed by atoms with Crippen LogP contribution in [0.3, 0.4) is 0 Å². The maximum absolute atomic E-state index is 3.53. The van der Waals surface area contributed by atoms with Crippen LogP contribution in [-0.4, -0.2) is 30.1 Å². The molecule has 0 spiro atoms. The van der Waals surface area contributed by atoms with E-state index in [0.717, 1.165) is 19.6 Å². The molecule has 1 aromatic rings. The van der Waals surface area contributed by atoms with E-state index in [0.29, 0.717) is 12.1 Å². The van der Waals surface area contributed by atoms with Gasteiger partial charge in [0.2, 0.25) is 0 Å². The molecule has 0 unspecified atom stereocenters. The summed E-state index contributed by atoms with van der Waals surface area (Å²) in [5.74, 6) is 0. The van der Waals surface area contributed by atoms with Crippen molar-refractivity contribution in [2.75, 3.05) is 13.1 Å². The number of rotatable bonds is 7. The minimum absolute atomic E-state index is 0.616. The lowest BCUT2D eigenvalue weighted by molar-refractivity contribution is 0.176. The lowest BCUT2D eigenvalue weighted by atomic mass is 10.1. The zero-order valence-electron chi connectivity index (χ0n) is 12.5. The Hall–Kier alpha value is -0.860. The van der Waals surface area contributed by atoms with Gasteiger partial charge in [0.25, 0.3) is 0 Å². The van der Waals surface area contributed by atoms with Gasteiger partial charge in [-0.15, -0.1) is 0 Å². The van der Waals surface area contributed by atoms with Crippen LogP contribution in [0.15, 0.2) is 24.3 Å². The fraction of sp³-hybridized carbons (Fsp3) is 0.625. The highest BCUT2D eigenvalue weighted by atomic mass is 15.2.